The van der Waals surface area contributed by atoms with Gasteiger partial charge in [-0.25, -0.2) is 0 Å². The molecule has 0 radical (unpaired) electrons. The summed E-state index contributed by atoms with van der Waals surface area (Å²) in [6, 6.07) is 19.7. The Morgan fingerprint density at radius 1 is 1.05 bits per heavy atom. The Morgan fingerprint density at radius 3 is 2.51 bits per heavy atom. The van der Waals surface area contributed by atoms with Gasteiger partial charge in [-0.1, -0.05) is 59.1 Å². The number of benzene rings is 3. The van der Waals surface area contributed by atoms with E-state index in [1.54, 1.807) is 23.1 Å². The minimum atomic E-state index is -0.578. The quantitative estimate of drug-likeness (QED) is 0.346. The van der Waals surface area contributed by atoms with Crippen molar-refractivity contribution in [3.05, 3.63) is 115 Å². The van der Waals surface area contributed by atoms with Crippen molar-refractivity contribution in [2.45, 2.75) is 52.6 Å². The topological polar surface area (TPSA) is 79.3 Å². The molecule has 7 heteroatoms. The van der Waals surface area contributed by atoms with Gasteiger partial charge < -0.3 is 10.5 Å². The van der Waals surface area contributed by atoms with Gasteiger partial charge in [0.1, 0.15) is 18.2 Å². The Kier molecular flexibility index (Phi) is 7.44. The minimum absolute atomic E-state index is 0.0158. The van der Waals surface area contributed by atoms with E-state index in [4.69, 9.17) is 33.7 Å². The molecule has 0 amide bonds. The smallest absolute Gasteiger partial charge is 0.161 e. The summed E-state index contributed by atoms with van der Waals surface area (Å²) in [5.41, 5.74) is 14.1. The molecule has 5 nitrogen and oxygen atoms in total. The summed E-state index contributed by atoms with van der Waals surface area (Å²) < 4.78 is 6.10. The van der Waals surface area contributed by atoms with Crippen LogP contribution >= 0.6 is 23.2 Å². The number of rotatable bonds is 5. The van der Waals surface area contributed by atoms with E-state index in [2.05, 4.69) is 18.2 Å². The van der Waals surface area contributed by atoms with Gasteiger partial charge in [-0.15, -0.1) is 0 Å². The number of hydrogen-bond acceptors (Lipinski definition) is 5. The van der Waals surface area contributed by atoms with Gasteiger partial charge in [0.05, 0.1) is 33.3 Å². The summed E-state index contributed by atoms with van der Waals surface area (Å²) in [6.07, 6.45) is 1.74. The number of halogens is 2. The van der Waals surface area contributed by atoms with Gasteiger partial charge in [-0.2, -0.15) is 5.26 Å². The number of anilines is 1. The van der Waals surface area contributed by atoms with Gasteiger partial charge in [0.2, 0.25) is 0 Å². The van der Waals surface area contributed by atoms with Crippen LogP contribution in [0.3, 0.4) is 0 Å². The van der Waals surface area contributed by atoms with Crippen LogP contribution in [0.1, 0.15) is 53.0 Å². The average Bonchev–Trinajstić information content (AvgIpc) is 2.91. The van der Waals surface area contributed by atoms with Gasteiger partial charge in [-0.05, 0) is 80.1 Å². The third kappa shape index (κ3) is 4.91. The Morgan fingerprint density at radius 2 is 1.79 bits per heavy atom. The summed E-state index contributed by atoms with van der Waals surface area (Å²) >= 11 is 12.9. The SMILES string of the molecule is Cc1ccc(OCc2cc(C3C(C#N)=C(N)N(c4cccc(Cl)c4Cl)C4=C3C(=O)CCC4)c(C)cc2C)cc1. The third-order valence-electron chi connectivity index (χ3n) is 7.54. The van der Waals surface area contributed by atoms with Crippen LogP contribution < -0.4 is 15.4 Å². The molecule has 0 saturated heterocycles. The second-order valence-corrected chi connectivity index (χ2v) is 10.9. The lowest BCUT2D eigenvalue weighted by molar-refractivity contribution is -0.116. The molecule has 198 valence electrons. The molecule has 1 atom stereocenters. The first-order valence-electron chi connectivity index (χ1n) is 12.9. The molecular weight excluding hydrogens is 529 g/mol. The molecule has 3 aromatic carbocycles. The maximum Gasteiger partial charge on any atom is 0.161 e. The largest absolute Gasteiger partial charge is 0.489 e. The van der Waals surface area contributed by atoms with E-state index in [-0.39, 0.29) is 11.6 Å². The molecule has 39 heavy (non-hydrogen) atoms. The summed E-state index contributed by atoms with van der Waals surface area (Å²) in [5.74, 6) is 0.480. The number of aryl methyl sites for hydroxylation is 3. The monoisotopic (exact) mass is 557 g/mol. The maximum absolute atomic E-state index is 13.6. The summed E-state index contributed by atoms with van der Waals surface area (Å²) in [7, 11) is 0. The average molecular weight is 559 g/mol. The van der Waals surface area contributed by atoms with Gasteiger partial charge in [0, 0.05) is 17.7 Å². The number of Topliss-reactive ketones (excluding diaryl/α,β-unsaturated/α-hetero) is 1. The Labute approximate surface area is 239 Å². The number of nitriles is 1. The van der Waals surface area contributed by atoms with Crippen LogP contribution in [-0.2, 0) is 11.4 Å². The van der Waals surface area contributed by atoms with E-state index >= 15 is 0 Å². The van der Waals surface area contributed by atoms with Crippen molar-refractivity contribution in [1.29, 1.82) is 5.26 Å². The Balaban J connectivity index is 1.64. The molecule has 1 unspecified atom stereocenters. The van der Waals surface area contributed by atoms with E-state index < -0.39 is 5.92 Å². The van der Waals surface area contributed by atoms with Crippen molar-refractivity contribution in [3.8, 4) is 11.8 Å². The first kappa shape index (κ1) is 26.9. The van der Waals surface area contributed by atoms with Crippen molar-refractivity contribution >= 4 is 34.7 Å². The molecule has 1 aliphatic carbocycles. The molecule has 5 rings (SSSR count). The zero-order chi connectivity index (χ0) is 27.8. The fraction of sp³-hybridized carbons (Fsp3) is 0.250. The number of ketones is 1. The van der Waals surface area contributed by atoms with Gasteiger partial charge in [-0.3, -0.25) is 9.69 Å². The first-order chi connectivity index (χ1) is 18.7. The second-order valence-electron chi connectivity index (χ2n) is 10.1. The number of hydrogen-bond donors (Lipinski definition) is 1. The highest BCUT2D eigenvalue weighted by atomic mass is 35.5. The normalized spacial score (nSPS) is 17.3. The highest BCUT2D eigenvalue weighted by Gasteiger charge is 2.41. The van der Waals surface area contributed by atoms with E-state index in [9.17, 15) is 10.1 Å². The molecule has 0 spiro atoms. The third-order valence-corrected chi connectivity index (χ3v) is 8.35. The van der Waals surface area contributed by atoms with E-state index in [1.807, 2.05) is 45.0 Å². The molecule has 0 bridgehead atoms. The summed E-state index contributed by atoms with van der Waals surface area (Å²) in [4.78, 5) is 15.3. The number of allylic oxidation sites excluding steroid dienone is 3. The fourth-order valence-corrected chi connectivity index (χ4v) is 5.90. The highest BCUT2D eigenvalue weighted by molar-refractivity contribution is 6.43. The molecule has 2 N–H and O–H groups in total. The van der Waals surface area contributed by atoms with E-state index in [1.165, 1.54) is 0 Å². The number of ether oxygens (including phenoxy) is 1. The summed E-state index contributed by atoms with van der Waals surface area (Å²) in [6.45, 7) is 6.44. The lowest BCUT2D eigenvalue weighted by atomic mass is 9.74. The second kappa shape index (κ2) is 10.8. The molecule has 2 aliphatic rings. The van der Waals surface area contributed by atoms with Crippen molar-refractivity contribution < 1.29 is 9.53 Å². The van der Waals surface area contributed by atoms with Crippen LogP contribution in [0.15, 0.2) is 77.3 Å². The molecule has 1 aliphatic heterocycles. The van der Waals surface area contributed by atoms with Gasteiger partial charge >= 0.3 is 0 Å². The van der Waals surface area contributed by atoms with Crippen LogP contribution in [0.2, 0.25) is 10.0 Å². The highest BCUT2D eigenvalue weighted by Crippen LogP contribution is 2.49. The zero-order valence-electron chi connectivity index (χ0n) is 22.1. The van der Waals surface area contributed by atoms with Crippen LogP contribution in [-0.4, -0.2) is 5.78 Å². The number of carbonyl (C=O) groups excluding carboxylic acids is 1. The van der Waals surface area contributed by atoms with Crippen molar-refractivity contribution in [2.24, 2.45) is 5.73 Å². The van der Waals surface area contributed by atoms with E-state index in [0.717, 1.165) is 39.3 Å². The zero-order valence-corrected chi connectivity index (χ0v) is 23.7. The van der Waals surface area contributed by atoms with Crippen molar-refractivity contribution in [2.75, 3.05) is 4.90 Å². The number of nitrogens with zero attached hydrogens (tertiary/aromatic N) is 2. The number of carbonyl (C=O) groups is 1. The lowest BCUT2D eigenvalue weighted by Crippen LogP contribution is -2.39. The Bertz CT molecular complexity index is 1580. The van der Waals surface area contributed by atoms with Gasteiger partial charge in [0.15, 0.2) is 5.78 Å². The van der Waals surface area contributed by atoms with Crippen molar-refractivity contribution in [3.63, 3.8) is 0 Å². The van der Waals surface area contributed by atoms with Crippen LogP contribution in [0.25, 0.3) is 0 Å². The predicted octanol–water partition coefficient (Wildman–Crippen LogP) is 7.80. The van der Waals surface area contributed by atoms with Crippen LogP contribution in [0, 0.1) is 32.1 Å². The predicted molar refractivity (Wildman–Crippen MR) is 156 cm³/mol. The fourth-order valence-electron chi connectivity index (χ4n) is 5.52. The van der Waals surface area contributed by atoms with Gasteiger partial charge in [0.25, 0.3) is 0 Å². The molecule has 0 fully saturated rings. The Hall–Kier alpha value is -3.72. The molecule has 0 saturated carbocycles. The van der Waals surface area contributed by atoms with E-state index in [0.29, 0.717) is 52.7 Å². The standard InChI is InChI=1S/C32H29Cl2N3O2/c1-18-10-12-22(13-11-18)39-17-21-15-23(20(3)14-19(21)2)29-24(16-35)32(36)37(26-7-5-9-28(38)30(26)29)27-8-4-6-25(33)31(27)34/h4,6,8,10-15,29H,5,7,9,17,36H2,1-3H3. The van der Waals surface area contributed by atoms with Crippen LogP contribution in [0.4, 0.5) is 5.69 Å². The van der Waals surface area contributed by atoms with Crippen LogP contribution in [0.5, 0.6) is 5.75 Å². The molecule has 1 heterocycles. The minimum Gasteiger partial charge on any atom is -0.489 e. The maximum atomic E-state index is 13.6. The first-order valence-corrected chi connectivity index (χ1v) is 13.7. The lowest BCUT2D eigenvalue weighted by Gasteiger charge is -2.40. The number of nitrogens with two attached hydrogens (primary N) is 1. The molecular formula is C32H29Cl2N3O2. The van der Waals surface area contributed by atoms with Crippen molar-refractivity contribution in [1.82, 2.24) is 0 Å². The molecule has 0 aromatic heterocycles. The molecule has 3 aromatic rings. The summed E-state index contributed by atoms with van der Waals surface area (Å²) in [5, 5.41) is 11.1.